The Kier molecular flexibility index (Phi) is 6.15. The number of hydrogen-bond acceptors (Lipinski definition) is 4. The molecular weight excluding hydrogens is 314 g/mol. The third-order valence-electron chi connectivity index (χ3n) is 4.14. The number of nitrogens with two attached hydrogens (primary N) is 1. The quantitative estimate of drug-likeness (QED) is 0.814. The summed E-state index contributed by atoms with van der Waals surface area (Å²) < 4.78 is 22.4. The van der Waals surface area contributed by atoms with Crippen molar-refractivity contribution in [1.82, 2.24) is 10.2 Å². The molecule has 0 bridgehead atoms. The van der Waals surface area contributed by atoms with Crippen LogP contribution < -0.4 is 10.5 Å². The van der Waals surface area contributed by atoms with Gasteiger partial charge in [-0.3, -0.25) is 4.79 Å². The highest BCUT2D eigenvalue weighted by atomic mass is 32.2. The lowest BCUT2D eigenvalue weighted by atomic mass is 9.97. The molecule has 1 atom stereocenters. The smallest absolute Gasteiger partial charge is 0.251 e. The molecule has 1 saturated heterocycles. The minimum atomic E-state index is -3.72. The Morgan fingerprint density at radius 1 is 1.35 bits per heavy atom. The van der Waals surface area contributed by atoms with E-state index in [9.17, 15) is 13.2 Å². The number of amides is 1. The summed E-state index contributed by atoms with van der Waals surface area (Å²) in [5, 5.41) is 7.99. The van der Waals surface area contributed by atoms with Crippen LogP contribution in [0.5, 0.6) is 0 Å². The van der Waals surface area contributed by atoms with E-state index in [1.807, 2.05) is 0 Å². The van der Waals surface area contributed by atoms with Crippen LogP contribution in [-0.2, 0) is 10.0 Å². The van der Waals surface area contributed by atoms with Gasteiger partial charge in [0.05, 0.1) is 4.90 Å². The number of nitrogens with one attached hydrogen (secondary N) is 1. The molecular formula is C16H25N3O3S. The normalized spacial score (nSPS) is 19.5. The van der Waals surface area contributed by atoms with Crippen LogP contribution in [0, 0.1) is 5.92 Å². The van der Waals surface area contributed by atoms with E-state index in [1.165, 1.54) is 30.7 Å². The Bertz CT molecular complexity index is 626. The lowest BCUT2D eigenvalue weighted by molar-refractivity contribution is 0.0932. The number of carbonyl (C=O) groups excluding carboxylic acids is 1. The molecule has 1 aromatic carbocycles. The molecule has 1 aromatic rings. The molecule has 0 unspecified atom stereocenters. The summed E-state index contributed by atoms with van der Waals surface area (Å²) in [6.07, 6.45) is 3.45. The standard InChI is InChI=1S/C16H25N3O3S/c1-2-9-19-10-3-4-13(12-19)11-18-16(20)14-5-7-15(8-6-14)23(17,21)22/h5-8,13H,2-4,9-12H2,1H3,(H,18,20)(H2,17,21,22)/t13-/m0/s1. The molecule has 23 heavy (non-hydrogen) atoms. The second-order valence-electron chi connectivity index (χ2n) is 6.09. The lowest BCUT2D eigenvalue weighted by Crippen LogP contribution is -2.41. The molecule has 3 N–H and O–H groups in total. The van der Waals surface area contributed by atoms with Crippen LogP contribution in [-0.4, -0.2) is 45.4 Å². The van der Waals surface area contributed by atoms with Gasteiger partial charge in [-0.1, -0.05) is 6.92 Å². The number of carbonyl (C=O) groups is 1. The van der Waals surface area contributed by atoms with Crippen LogP contribution in [0.1, 0.15) is 36.5 Å². The van der Waals surface area contributed by atoms with Gasteiger partial charge in [-0.05, 0) is 62.5 Å². The van der Waals surface area contributed by atoms with Crippen molar-refractivity contribution in [3.8, 4) is 0 Å². The van der Waals surface area contributed by atoms with E-state index in [4.69, 9.17) is 5.14 Å². The summed E-state index contributed by atoms with van der Waals surface area (Å²) in [7, 11) is -3.72. The number of sulfonamides is 1. The van der Waals surface area contributed by atoms with Gasteiger partial charge in [-0.15, -0.1) is 0 Å². The van der Waals surface area contributed by atoms with Crippen LogP contribution in [0.15, 0.2) is 29.2 Å². The molecule has 2 rings (SSSR count). The van der Waals surface area contributed by atoms with E-state index in [2.05, 4.69) is 17.1 Å². The van der Waals surface area contributed by atoms with Crippen molar-refractivity contribution in [3.05, 3.63) is 29.8 Å². The second-order valence-corrected chi connectivity index (χ2v) is 7.65. The summed E-state index contributed by atoms with van der Waals surface area (Å²) in [6.45, 7) is 6.11. The van der Waals surface area contributed by atoms with Crippen molar-refractivity contribution in [1.29, 1.82) is 0 Å². The zero-order chi connectivity index (χ0) is 16.9. The Morgan fingerprint density at radius 3 is 2.65 bits per heavy atom. The highest BCUT2D eigenvalue weighted by Gasteiger charge is 2.20. The monoisotopic (exact) mass is 339 g/mol. The van der Waals surface area contributed by atoms with Crippen molar-refractivity contribution >= 4 is 15.9 Å². The fourth-order valence-electron chi connectivity index (χ4n) is 2.97. The van der Waals surface area contributed by atoms with E-state index in [-0.39, 0.29) is 10.8 Å². The fraction of sp³-hybridized carbons (Fsp3) is 0.562. The number of piperidine rings is 1. The van der Waals surface area contributed by atoms with Gasteiger partial charge < -0.3 is 10.2 Å². The van der Waals surface area contributed by atoms with Gasteiger partial charge in [0.1, 0.15) is 0 Å². The van der Waals surface area contributed by atoms with E-state index >= 15 is 0 Å². The topological polar surface area (TPSA) is 92.5 Å². The third kappa shape index (κ3) is 5.30. The SMILES string of the molecule is CCCN1CCC[C@@H](CNC(=O)c2ccc(S(N)(=O)=O)cc2)C1. The molecule has 1 heterocycles. The Labute approximate surface area is 138 Å². The van der Waals surface area contributed by atoms with Gasteiger partial charge >= 0.3 is 0 Å². The molecule has 0 radical (unpaired) electrons. The van der Waals surface area contributed by atoms with E-state index in [1.54, 1.807) is 0 Å². The Morgan fingerprint density at radius 2 is 2.04 bits per heavy atom. The molecule has 0 aromatic heterocycles. The zero-order valence-corrected chi connectivity index (χ0v) is 14.3. The number of rotatable bonds is 6. The average molecular weight is 339 g/mol. The molecule has 0 aliphatic carbocycles. The molecule has 1 aliphatic heterocycles. The predicted molar refractivity (Wildman–Crippen MR) is 89.6 cm³/mol. The third-order valence-corrected chi connectivity index (χ3v) is 5.07. The molecule has 6 nitrogen and oxygen atoms in total. The van der Waals surface area contributed by atoms with Gasteiger partial charge in [0, 0.05) is 18.7 Å². The maximum absolute atomic E-state index is 12.2. The summed E-state index contributed by atoms with van der Waals surface area (Å²) >= 11 is 0. The van der Waals surface area contributed by atoms with E-state index in [0.29, 0.717) is 18.0 Å². The van der Waals surface area contributed by atoms with Crippen LogP contribution >= 0.6 is 0 Å². The summed E-state index contributed by atoms with van der Waals surface area (Å²) in [4.78, 5) is 14.6. The first-order chi connectivity index (χ1) is 10.9. The van der Waals surface area contributed by atoms with Crippen molar-refractivity contribution in [2.75, 3.05) is 26.2 Å². The second kappa shape index (κ2) is 7.90. The number of primary sulfonamides is 1. The first-order valence-electron chi connectivity index (χ1n) is 8.03. The maximum Gasteiger partial charge on any atom is 0.251 e. The first-order valence-corrected chi connectivity index (χ1v) is 9.58. The van der Waals surface area contributed by atoms with Gasteiger partial charge in [-0.25, -0.2) is 13.6 Å². The predicted octanol–water partition coefficient (Wildman–Crippen LogP) is 1.19. The molecule has 0 saturated carbocycles. The minimum Gasteiger partial charge on any atom is -0.352 e. The van der Waals surface area contributed by atoms with Crippen LogP contribution in [0.2, 0.25) is 0 Å². The lowest BCUT2D eigenvalue weighted by Gasteiger charge is -2.32. The van der Waals surface area contributed by atoms with Gasteiger partial charge in [-0.2, -0.15) is 0 Å². The molecule has 1 aliphatic rings. The van der Waals surface area contributed by atoms with E-state index < -0.39 is 10.0 Å². The molecule has 0 spiro atoms. The van der Waals surface area contributed by atoms with E-state index in [0.717, 1.165) is 32.5 Å². The number of likely N-dealkylation sites (tertiary alicyclic amines) is 1. The van der Waals surface area contributed by atoms with Crippen molar-refractivity contribution in [2.45, 2.75) is 31.1 Å². The highest BCUT2D eigenvalue weighted by molar-refractivity contribution is 7.89. The average Bonchev–Trinajstić information content (AvgIpc) is 2.53. The number of nitrogens with zero attached hydrogens (tertiary/aromatic N) is 1. The number of hydrogen-bond donors (Lipinski definition) is 2. The largest absolute Gasteiger partial charge is 0.352 e. The van der Waals surface area contributed by atoms with Gasteiger partial charge in [0.25, 0.3) is 5.91 Å². The van der Waals surface area contributed by atoms with Crippen LogP contribution in [0.25, 0.3) is 0 Å². The molecule has 1 fully saturated rings. The molecule has 128 valence electrons. The summed E-state index contributed by atoms with van der Waals surface area (Å²) in [6, 6.07) is 5.68. The maximum atomic E-state index is 12.2. The summed E-state index contributed by atoms with van der Waals surface area (Å²) in [5.74, 6) is 0.293. The zero-order valence-electron chi connectivity index (χ0n) is 13.5. The highest BCUT2D eigenvalue weighted by Crippen LogP contribution is 2.16. The first kappa shape index (κ1) is 17.9. The Balaban J connectivity index is 1.87. The minimum absolute atomic E-state index is 0.0107. The summed E-state index contributed by atoms with van der Waals surface area (Å²) in [5.41, 5.74) is 0.443. The van der Waals surface area contributed by atoms with Crippen LogP contribution in [0.3, 0.4) is 0 Å². The molecule has 7 heteroatoms. The Hall–Kier alpha value is -1.44. The van der Waals surface area contributed by atoms with Crippen molar-refractivity contribution in [2.24, 2.45) is 11.1 Å². The van der Waals surface area contributed by atoms with Crippen molar-refractivity contribution < 1.29 is 13.2 Å². The number of benzene rings is 1. The van der Waals surface area contributed by atoms with Gasteiger partial charge in [0.2, 0.25) is 10.0 Å². The van der Waals surface area contributed by atoms with Gasteiger partial charge in [0.15, 0.2) is 0 Å². The molecule has 1 amide bonds. The fourth-order valence-corrected chi connectivity index (χ4v) is 3.49. The van der Waals surface area contributed by atoms with Crippen LogP contribution in [0.4, 0.5) is 0 Å². The van der Waals surface area contributed by atoms with Crippen molar-refractivity contribution in [3.63, 3.8) is 0 Å².